The average Bonchev–Trinajstić information content (AvgIpc) is 3.53. The fourth-order valence-corrected chi connectivity index (χ4v) is 4.22. The van der Waals surface area contributed by atoms with Gasteiger partial charge < -0.3 is 9.64 Å². The number of ether oxygens (including phenoxy) is 1. The molecule has 5 rings (SSSR count). The molecule has 2 aliphatic rings. The molecule has 2 heterocycles. The molecule has 1 aliphatic carbocycles. The predicted molar refractivity (Wildman–Crippen MR) is 113 cm³/mol. The Morgan fingerprint density at radius 1 is 1.07 bits per heavy atom. The molecule has 1 aromatic heterocycles. The Labute approximate surface area is 171 Å². The Balaban J connectivity index is 1.35. The standard InChI is InChI=1S/C24H27N3O2/c1-17-5-4-6-18(15-17)16-27-22-8-3-2-7-21(22)25-24(27)29-20-11-13-26(14-12-20)23(28)19-9-10-19/h2-8,15,19-20H,9-14,16H2,1H3. The summed E-state index contributed by atoms with van der Waals surface area (Å²) in [5.74, 6) is 0.640. The quantitative estimate of drug-likeness (QED) is 0.658. The smallest absolute Gasteiger partial charge is 0.297 e. The van der Waals surface area contributed by atoms with Gasteiger partial charge >= 0.3 is 0 Å². The Hall–Kier alpha value is -2.82. The van der Waals surface area contributed by atoms with Crippen molar-refractivity contribution in [2.24, 2.45) is 5.92 Å². The minimum atomic E-state index is 0.103. The van der Waals surface area contributed by atoms with Gasteiger partial charge in [0.2, 0.25) is 5.91 Å². The monoisotopic (exact) mass is 389 g/mol. The van der Waals surface area contributed by atoms with Gasteiger partial charge in [0.25, 0.3) is 6.01 Å². The molecule has 0 bridgehead atoms. The molecular weight excluding hydrogens is 362 g/mol. The lowest BCUT2D eigenvalue weighted by Crippen LogP contribution is -2.42. The van der Waals surface area contributed by atoms with E-state index < -0.39 is 0 Å². The average molecular weight is 389 g/mol. The summed E-state index contributed by atoms with van der Waals surface area (Å²) in [5, 5.41) is 0. The van der Waals surface area contributed by atoms with Crippen LogP contribution in [0.4, 0.5) is 0 Å². The summed E-state index contributed by atoms with van der Waals surface area (Å²) in [4.78, 5) is 19.1. The molecule has 0 atom stereocenters. The molecule has 1 saturated heterocycles. The van der Waals surface area contributed by atoms with Crippen LogP contribution in [0.1, 0.15) is 36.8 Å². The van der Waals surface area contributed by atoms with E-state index in [9.17, 15) is 4.79 Å². The van der Waals surface area contributed by atoms with Crippen LogP contribution in [0.5, 0.6) is 6.01 Å². The van der Waals surface area contributed by atoms with E-state index >= 15 is 0 Å². The van der Waals surface area contributed by atoms with Gasteiger partial charge in [0.05, 0.1) is 17.6 Å². The van der Waals surface area contributed by atoms with Crippen molar-refractivity contribution in [1.29, 1.82) is 0 Å². The van der Waals surface area contributed by atoms with E-state index in [1.54, 1.807) is 0 Å². The van der Waals surface area contributed by atoms with E-state index in [1.165, 1.54) is 11.1 Å². The lowest BCUT2D eigenvalue weighted by Gasteiger charge is -2.32. The van der Waals surface area contributed by atoms with Crippen LogP contribution in [0.2, 0.25) is 0 Å². The second kappa shape index (κ2) is 7.54. The molecule has 150 valence electrons. The van der Waals surface area contributed by atoms with E-state index in [2.05, 4.69) is 41.8 Å². The normalized spacial score (nSPS) is 17.6. The number of rotatable bonds is 5. The van der Waals surface area contributed by atoms with E-state index in [4.69, 9.17) is 9.72 Å². The van der Waals surface area contributed by atoms with Crippen molar-refractivity contribution in [2.45, 2.75) is 45.3 Å². The number of aromatic nitrogens is 2. The summed E-state index contributed by atoms with van der Waals surface area (Å²) in [6.45, 7) is 4.43. The highest BCUT2D eigenvalue weighted by Gasteiger charge is 2.35. The van der Waals surface area contributed by atoms with E-state index in [0.717, 1.165) is 56.4 Å². The molecule has 3 aromatic rings. The van der Waals surface area contributed by atoms with Crippen molar-refractivity contribution >= 4 is 16.9 Å². The van der Waals surface area contributed by atoms with Gasteiger partial charge in [0, 0.05) is 31.8 Å². The molecule has 5 heteroatoms. The lowest BCUT2D eigenvalue weighted by molar-refractivity contribution is -0.134. The van der Waals surface area contributed by atoms with Crippen LogP contribution in [0, 0.1) is 12.8 Å². The number of benzene rings is 2. The van der Waals surface area contributed by atoms with Crippen molar-refractivity contribution in [3.8, 4) is 6.01 Å². The molecule has 1 amide bonds. The van der Waals surface area contributed by atoms with Gasteiger partial charge in [0.1, 0.15) is 6.10 Å². The van der Waals surface area contributed by atoms with E-state index in [1.807, 2.05) is 23.1 Å². The number of nitrogens with zero attached hydrogens (tertiary/aromatic N) is 3. The maximum absolute atomic E-state index is 12.3. The number of aryl methyl sites for hydroxylation is 1. The number of carbonyl (C=O) groups excluding carboxylic acids is 1. The first-order chi connectivity index (χ1) is 14.2. The zero-order valence-corrected chi connectivity index (χ0v) is 16.9. The molecule has 0 N–H and O–H groups in total. The zero-order chi connectivity index (χ0) is 19.8. The van der Waals surface area contributed by atoms with Crippen LogP contribution in [-0.2, 0) is 11.3 Å². The maximum Gasteiger partial charge on any atom is 0.297 e. The van der Waals surface area contributed by atoms with Gasteiger partial charge in [-0.2, -0.15) is 4.98 Å². The number of amides is 1. The largest absolute Gasteiger partial charge is 0.461 e. The molecule has 2 aromatic carbocycles. The molecule has 5 nitrogen and oxygen atoms in total. The van der Waals surface area contributed by atoms with Crippen molar-refractivity contribution in [2.75, 3.05) is 13.1 Å². The Kier molecular flexibility index (Phi) is 4.74. The highest BCUT2D eigenvalue weighted by molar-refractivity contribution is 5.81. The Morgan fingerprint density at radius 3 is 2.62 bits per heavy atom. The summed E-state index contributed by atoms with van der Waals surface area (Å²) in [7, 11) is 0. The number of hydrogen-bond donors (Lipinski definition) is 0. The van der Waals surface area contributed by atoms with Crippen LogP contribution in [0.15, 0.2) is 48.5 Å². The Bertz CT molecular complexity index is 1030. The molecule has 0 spiro atoms. The highest BCUT2D eigenvalue weighted by Crippen LogP contribution is 2.32. The SMILES string of the molecule is Cc1cccc(Cn2c(OC3CCN(C(=O)C4CC4)CC3)nc3ccccc32)c1. The topological polar surface area (TPSA) is 47.4 Å². The first-order valence-electron chi connectivity index (χ1n) is 10.6. The summed E-state index contributed by atoms with van der Waals surface area (Å²) >= 11 is 0. The van der Waals surface area contributed by atoms with Gasteiger partial charge in [0.15, 0.2) is 0 Å². The first kappa shape index (κ1) is 18.2. The number of likely N-dealkylation sites (tertiary alicyclic amines) is 1. The zero-order valence-electron chi connectivity index (χ0n) is 16.9. The number of imidazole rings is 1. The van der Waals surface area contributed by atoms with Crippen LogP contribution < -0.4 is 4.74 Å². The molecule has 0 unspecified atom stereocenters. The summed E-state index contributed by atoms with van der Waals surface area (Å²) in [6.07, 6.45) is 3.97. The first-order valence-corrected chi connectivity index (χ1v) is 10.6. The molecule has 2 fully saturated rings. The number of piperidine rings is 1. The van der Waals surface area contributed by atoms with E-state index in [0.29, 0.717) is 17.8 Å². The van der Waals surface area contributed by atoms with Crippen molar-refractivity contribution in [3.63, 3.8) is 0 Å². The molecule has 1 saturated carbocycles. The fraction of sp³-hybridized carbons (Fsp3) is 0.417. The summed E-state index contributed by atoms with van der Waals surface area (Å²) in [6, 6.07) is 17.4. The van der Waals surface area contributed by atoms with Gasteiger partial charge in [-0.05, 0) is 37.5 Å². The number of carbonyl (C=O) groups is 1. The second-order valence-corrected chi connectivity index (χ2v) is 8.38. The lowest BCUT2D eigenvalue weighted by atomic mass is 10.1. The molecule has 1 aliphatic heterocycles. The minimum absolute atomic E-state index is 0.103. The van der Waals surface area contributed by atoms with Crippen LogP contribution in [0.3, 0.4) is 0 Å². The predicted octanol–water partition coefficient (Wildman–Crippen LogP) is 4.17. The summed E-state index contributed by atoms with van der Waals surface area (Å²) < 4.78 is 8.56. The third-order valence-corrected chi connectivity index (χ3v) is 6.00. The van der Waals surface area contributed by atoms with Gasteiger partial charge in [-0.15, -0.1) is 0 Å². The summed E-state index contributed by atoms with van der Waals surface area (Å²) in [5.41, 5.74) is 4.53. The number of para-hydroxylation sites is 2. The highest BCUT2D eigenvalue weighted by atomic mass is 16.5. The van der Waals surface area contributed by atoms with Crippen LogP contribution in [-0.4, -0.2) is 39.6 Å². The minimum Gasteiger partial charge on any atom is -0.461 e. The number of fused-ring (bicyclic) bond motifs is 1. The third kappa shape index (κ3) is 3.86. The van der Waals surface area contributed by atoms with Gasteiger partial charge in [-0.3, -0.25) is 9.36 Å². The van der Waals surface area contributed by atoms with Crippen molar-refractivity contribution in [1.82, 2.24) is 14.5 Å². The third-order valence-electron chi connectivity index (χ3n) is 6.00. The van der Waals surface area contributed by atoms with Crippen molar-refractivity contribution < 1.29 is 9.53 Å². The van der Waals surface area contributed by atoms with Gasteiger partial charge in [-0.25, -0.2) is 0 Å². The maximum atomic E-state index is 12.3. The number of hydrogen-bond acceptors (Lipinski definition) is 3. The van der Waals surface area contributed by atoms with Crippen molar-refractivity contribution in [3.05, 3.63) is 59.7 Å². The molecule has 0 radical (unpaired) electrons. The van der Waals surface area contributed by atoms with Crippen LogP contribution in [0.25, 0.3) is 11.0 Å². The molecule has 29 heavy (non-hydrogen) atoms. The Morgan fingerprint density at radius 2 is 1.86 bits per heavy atom. The van der Waals surface area contributed by atoms with Gasteiger partial charge in [-0.1, -0.05) is 42.0 Å². The second-order valence-electron chi connectivity index (χ2n) is 8.38. The van der Waals surface area contributed by atoms with E-state index in [-0.39, 0.29) is 6.10 Å². The van der Waals surface area contributed by atoms with Crippen LogP contribution >= 0.6 is 0 Å². The molecular formula is C24H27N3O2. The fourth-order valence-electron chi connectivity index (χ4n) is 4.22.